The first kappa shape index (κ1) is 13.3. The van der Waals surface area contributed by atoms with Crippen LogP contribution in [0.3, 0.4) is 0 Å². The fourth-order valence-corrected chi connectivity index (χ4v) is 3.06. The maximum absolute atomic E-state index is 12.3. The summed E-state index contributed by atoms with van der Waals surface area (Å²) in [7, 11) is 0. The van der Waals surface area contributed by atoms with Gasteiger partial charge < -0.3 is 14.7 Å². The van der Waals surface area contributed by atoms with Crippen LogP contribution in [-0.2, 0) is 14.3 Å². The Hall–Kier alpha value is -1.10. The predicted octanol–water partition coefficient (Wildman–Crippen LogP) is 1.27. The van der Waals surface area contributed by atoms with Gasteiger partial charge in [-0.05, 0) is 31.1 Å². The van der Waals surface area contributed by atoms with Crippen molar-refractivity contribution in [3.63, 3.8) is 0 Å². The topological polar surface area (TPSA) is 66.8 Å². The molecule has 2 heterocycles. The zero-order valence-corrected chi connectivity index (χ0v) is 11.0. The van der Waals surface area contributed by atoms with Crippen LogP contribution in [0.4, 0.5) is 0 Å². The summed E-state index contributed by atoms with van der Waals surface area (Å²) in [6.07, 6.45) is 2.85. The van der Waals surface area contributed by atoms with E-state index in [9.17, 15) is 14.7 Å². The Labute approximate surface area is 107 Å². The molecule has 2 atom stereocenters. The number of amides is 1. The Balaban J connectivity index is 2.18. The second-order valence-electron chi connectivity index (χ2n) is 5.87. The van der Waals surface area contributed by atoms with Crippen molar-refractivity contribution in [2.45, 2.75) is 51.7 Å². The lowest BCUT2D eigenvalue weighted by atomic mass is 9.76. The Bertz CT molecular complexity index is 347. The van der Waals surface area contributed by atoms with Crippen molar-refractivity contribution in [1.82, 2.24) is 4.90 Å². The zero-order valence-electron chi connectivity index (χ0n) is 11.0. The number of aliphatic carboxylic acids is 1. The van der Waals surface area contributed by atoms with Crippen LogP contribution >= 0.6 is 0 Å². The molecule has 5 heteroatoms. The molecule has 5 nitrogen and oxygen atoms in total. The second kappa shape index (κ2) is 4.88. The average Bonchev–Trinajstić information content (AvgIpc) is 2.79. The molecule has 1 N–H and O–H groups in total. The van der Waals surface area contributed by atoms with Crippen LogP contribution in [0, 0.1) is 5.41 Å². The van der Waals surface area contributed by atoms with E-state index in [2.05, 4.69) is 0 Å². The highest BCUT2D eigenvalue weighted by atomic mass is 16.5. The van der Waals surface area contributed by atoms with Gasteiger partial charge >= 0.3 is 5.97 Å². The Morgan fingerprint density at radius 3 is 2.61 bits per heavy atom. The normalized spacial score (nSPS) is 31.3. The molecule has 2 aliphatic heterocycles. The minimum absolute atomic E-state index is 0.146. The molecule has 0 radical (unpaired) electrons. The maximum Gasteiger partial charge on any atom is 0.326 e. The standard InChI is InChI=1S/C13H21NO4/c1-13(2)6-4-7-14(10(13)12(16)17)11(15)9-5-3-8-18-9/h9-10H,3-8H2,1-2H3,(H,16,17)/t9-,10?/m0/s1. The van der Waals surface area contributed by atoms with Gasteiger partial charge in [-0.15, -0.1) is 0 Å². The van der Waals surface area contributed by atoms with Crippen LogP contribution in [0.1, 0.15) is 39.5 Å². The van der Waals surface area contributed by atoms with Crippen molar-refractivity contribution in [3.8, 4) is 0 Å². The van der Waals surface area contributed by atoms with Crippen molar-refractivity contribution in [2.75, 3.05) is 13.2 Å². The largest absolute Gasteiger partial charge is 0.480 e. The fraction of sp³-hybridized carbons (Fsp3) is 0.846. The van der Waals surface area contributed by atoms with Gasteiger partial charge in [0.2, 0.25) is 0 Å². The first-order valence-corrected chi connectivity index (χ1v) is 6.58. The lowest BCUT2D eigenvalue weighted by molar-refractivity contribution is -0.163. The summed E-state index contributed by atoms with van der Waals surface area (Å²) in [5, 5.41) is 9.40. The minimum Gasteiger partial charge on any atom is -0.480 e. The van der Waals surface area contributed by atoms with Crippen molar-refractivity contribution in [2.24, 2.45) is 5.41 Å². The molecule has 0 aliphatic carbocycles. The SMILES string of the molecule is CC1(C)CCCN(C(=O)[C@@H]2CCCO2)C1C(=O)O. The van der Waals surface area contributed by atoms with Gasteiger partial charge in [-0.2, -0.15) is 0 Å². The third kappa shape index (κ3) is 2.36. The molecule has 2 rings (SSSR count). The van der Waals surface area contributed by atoms with Gasteiger partial charge in [0, 0.05) is 13.2 Å². The molecule has 0 spiro atoms. The molecule has 0 aromatic rings. The van der Waals surface area contributed by atoms with Crippen molar-refractivity contribution >= 4 is 11.9 Å². The number of nitrogens with zero attached hydrogens (tertiary/aromatic N) is 1. The number of ether oxygens (including phenoxy) is 1. The third-order valence-corrected chi connectivity index (χ3v) is 3.99. The minimum atomic E-state index is -0.911. The van der Waals surface area contributed by atoms with E-state index in [0.29, 0.717) is 19.6 Å². The third-order valence-electron chi connectivity index (χ3n) is 3.99. The van der Waals surface area contributed by atoms with Gasteiger partial charge in [0.25, 0.3) is 5.91 Å². The summed E-state index contributed by atoms with van der Waals surface area (Å²) in [5.41, 5.74) is -0.377. The molecule has 102 valence electrons. The number of likely N-dealkylation sites (tertiary alicyclic amines) is 1. The molecule has 1 amide bonds. The number of carboxylic acid groups (broad SMARTS) is 1. The average molecular weight is 255 g/mol. The van der Waals surface area contributed by atoms with Crippen LogP contribution in [-0.4, -0.2) is 47.2 Å². The van der Waals surface area contributed by atoms with Crippen LogP contribution in [0.25, 0.3) is 0 Å². The number of carbonyl (C=O) groups excluding carboxylic acids is 1. The summed E-state index contributed by atoms with van der Waals surface area (Å²) in [6.45, 7) is 4.96. The van der Waals surface area contributed by atoms with E-state index >= 15 is 0 Å². The summed E-state index contributed by atoms with van der Waals surface area (Å²) < 4.78 is 5.38. The van der Waals surface area contributed by atoms with Crippen LogP contribution in [0.5, 0.6) is 0 Å². The fourth-order valence-electron chi connectivity index (χ4n) is 3.06. The highest BCUT2D eigenvalue weighted by Crippen LogP contribution is 2.36. The van der Waals surface area contributed by atoms with Crippen LogP contribution < -0.4 is 0 Å². The van der Waals surface area contributed by atoms with Gasteiger partial charge in [0.15, 0.2) is 0 Å². The first-order chi connectivity index (χ1) is 8.43. The molecule has 0 saturated carbocycles. The number of hydrogen-bond acceptors (Lipinski definition) is 3. The Morgan fingerprint density at radius 1 is 1.33 bits per heavy atom. The predicted molar refractivity (Wildman–Crippen MR) is 65.1 cm³/mol. The van der Waals surface area contributed by atoms with E-state index < -0.39 is 18.1 Å². The second-order valence-corrected chi connectivity index (χ2v) is 5.87. The lowest BCUT2D eigenvalue weighted by Gasteiger charge is -2.44. The highest BCUT2D eigenvalue weighted by molar-refractivity contribution is 5.87. The number of rotatable bonds is 2. The highest BCUT2D eigenvalue weighted by Gasteiger charge is 2.46. The van der Waals surface area contributed by atoms with Crippen molar-refractivity contribution in [3.05, 3.63) is 0 Å². The van der Waals surface area contributed by atoms with Gasteiger partial charge in [-0.1, -0.05) is 13.8 Å². The quantitative estimate of drug-likeness (QED) is 0.807. The van der Waals surface area contributed by atoms with E-state index in [4.69, 9.17) is 4.74 Å². The van der Waals surface area contributed by atoms with Gasteiger partial charge in [-0.3, -0.25) is 4.79 Å². The molecule has 2 saturated heterocycles. The number of hydrogen-bond donors (Lipinski definition) is 1. The molecule has 0 aromatic carbocycles. The molecule has 2 aliphatic rings. The summed E-state index contributed by atoms with van der Waals surface area (Å²) in [5.74, 6) is -1.06. The van der Waals surface area contributed by atoms with Gasteiger partial charge in [-0.25, -0.2) is 4.79 Å². The molecular formula is C13H21NO4. The van der Waals surface area contributed by atoms with E-state index in [1.54, 1.807) is 0 Å². The van der Waals surface area contributed by atoms with E-state index in [1.807, 2.05) is 13.8 Å². The number of carbonyl (C=O) groups is 2. The Morgan fingerprint density at radius 2 is 2.06 bits per heavy atom. The first-order valence-electron chi connectivity index (χ1n) is 6.58. The lowest BCUT2D eigenvalue weighted by Crippen LogP contribution is -2.58. The molecule has 2 fully saturated rings. The monoisotopic (exact) mass is 255 g/mol. The molecule has 0 aromatic heterocycles. The van der Waals surface area contributed by atoms with E-state index in [-0.39, 0.29) is 11.3 Å². The van der Waals surface area contributed by atoms with Crippen LogP contribution in [0.2, 0.25) is 0 Å². The summed E-state index contributed by atoms with van der Waals surface area (Å²) in [6, 6.07) is -0.733. The molecule has 0 bridgehead atoms. The van der Waals surface area contributed by atoms with Gasteiger partial charge in [0.05, 0.1) is 0 Å². The summed E-state index contributed by atoms with van der Waals surface area (Å²) in [4.78, 5) is 25.3. The van der Waals surface area contributed by atoms with E-state index in [0.717, 1.165) is 19.3 Å². The van der Waals surface area contributed by atoms with Gasteiger partial charge in [0.1, 0.15) is 12.1 Å². The molecule has 1 unspecified atom stereocenters. The summed E-state index contributed by atoms with van der Waals surface area (Å²) >= 11 is 0. The Kier molecular flexibility index (Phi) is 3.61. The van der Waals surface area contributed by atoms with Crippen molar-refractivity contribution < 1.29 is 19.4 Å². The number of carboxylic acids is 1. The van der Waals surface area contributed by atoms with E-state index in [1.165, 1.54) is 4.90 Å². The van der Waals surface area contributed by atoms with Crippen LogP contribution in [0.15, 0.2) is 0 Å². The number of piperidine rings is 1. The van der Waals surface area contributed by atoms with Crippen molar-refractivity contribution in [1.29, 1.82) is 0 Å². The zero-order chi connectivity index (χ0) is 13.3. The molecule has 18 heavy (non-hydrogen) atoms. The maximum atomic E-state index is 12.3. The smallest absolute Gasteiger partial charge is 0.326 e. The molecular weight excluding hydrogens is 234 g/mol.